The lowest BCUT2D eigenvalue weighted by Crippen LogP contribution is -1.81. The molecule has 0 saturated heterocycles. The molecule has 66 valence electrons. The first-order chi connectivity index (χ1) is 6.29. The molecule has 0 unspecified atom stereocenters. The number of hydrogen-bond acceptors (Lipinski definition) is 4. The summed E-state index contributed by atoms with van der Waals surface area (Å²) < 4.78 is 1.34. The number of benzene rings is 1. The van der Waals surface area contributed by atoms with Gasteiger partial charge in [-0.1, -0.05) is 35.5 Å². The van der Waals surface area contributed by atoms with Crippen LogP contribution in [-0.4, -0.2) is 14.4 Å². The van der Waals surface area contributed by atoms with Crippen LogP contribution in [0, 0.1) is 0 Å². The van der Waals surface area contributed by atoms with Gasteiger partial charge in [-0.15, -0.1) is 17.7 Å². The minimum atomic E-state index is 0.648. The quantitative estimate of drug-likeness (QED) is 0.703. The molecule has 1 heterocycles. The van der Waals surface area contributed by atoms with Crippen molar-refractivity contribution >= 4 is 25.4 Å². The van der Waals surface area contributed by atoms with E-state index < -0.39 is 0 Å². The summed E-state index contributed by atoms with van der Waals surface area (Å²) in [6.07, 6.45) is 0. The standard InChI is InChI=1S/C8H7N3S2/c12-8-7(9-10-11(8)13)6-4-2-1-3-5-6/h1-5,12-13H. The predicted octanol–water partition coefficient (Wildman–Crippen LogP) is 1.93. The molecule has 2 rings (SSSR count). The van der Waals surface area contributed by atoms with Crippen molar-refractivity contribution in [2.75, 3.05) is 0 Å². The highest BCUT2D eigenvalue weighted by atomic mass is 32.1. The first-order valence-corrected chi connectivity index (χ1v) is 4.53. The van der Waals surface area contributed by atoms with Gasteiger partial charge in [-0.05, 0) is 12.8 Å². The van der Waals surface area contributed by atoms with E-state index in [-0.39, 0.29) is 0 Å². The number of thiol groups is 2. The van der Waals surface area contributed by atoms with Gasteiger partial charge in [0, 0.05) is 5.56 Å². The molecular weight excluding hydrogens is 202 g/mol. The highest BCUT2D eigenvalue weighted by molar-refractivity contribution is 7.82. The van der Waals surface area contributed by atoms with Crippen LogP contribution in [-0.2, 0) is 0 Å². The Morgan fingerprint density at radius 1 is 1.15 bits per heavy atom. The average Bonchev–Trinajstić information content (AvgIpc) is 2.49. The Balaban J connectivity index is 2.53. The number of rotatable bonds is 1. The van der Waals surface area contributed by atoms with E-state index in [0.29, 0.717) is 5.03 Å². The Labute approximate surface area is 86.7 Å². The second-order valence-corrected chi connectivity index (χ2v) is 3.32. The average molecular weight is 209 g/mol. The summed E-state index contributed by atoms with van der Waals surface area (Å²) in [4.78, 5) is 0. The molecule has 13 heavy (non-hydrogen) atoms. The second-order valence-electron chi connectivity index (χ2n) is 2.52. The first kappa shape index (κ1) is 8.65. The highest BCUT2D eigenvalue weighted by Crippen LogP contribution is 2.23. The van der Waals surface area contributed by atoms with Gasteiger partial charge in [-0.3, -0.25) is 0 Å². The summed E-state index contributed by atoms with van der Waals surface area (Å²) in [6.45, 7) is 0. The van der Waals surface area contributed by atoms with Crippen LogP contribution in [0.5, 0.6) is 0 Å². The highest BCUT2D eigenvalue weighted by Gasteiger charge is 2.08. The van der Waals surface area contributed by atoms with Crippen molar-refractivity contribution in [1.29, 1.82) is 0 Å². The van der Waals surface area contributed by atoms with Crippen LogP contribution >= 0.6 is 25.4 Å². The van der Waals surface area contributed by atoms with Crippen LogP contribution in [0.25, 0.3) is 11.3 Å². The molecule has 0 amide bonds. The van der Waals surface area contributed by atoms with E-state index in [4.69, 9.17) is 0 Å². The van der Waals surface area contributed by atoms with Gasteiger partial charge in [0.25, 0.3) is 0 Å². The molecule has 0 atom stereocenters. The Morgan fingerprint density at radius 2 is 1.85 bits per heavy atom. The predicted molar refractivity (Wildman–Crippen MR) is 57.1 cm³/mol. The zero-order valence-electron chi connectivity index (χ0n) is 6.62. The number of hydrogen-bond donors (Lipinski definition) is 2. The Morgan fingerprint density at radius 3 is 2.38 bits per heavy atom. The fraction of sp³-hybridized carbons (Fsp3) is 0. The van der Waals surface area contributed by atoms with Gasteiger partial charge in [0.05, 0.1) is 0 Å². The van der Waals surface area contributed by atoms with Crippen LogP contribution < -0.4 is 0 Å². The maximum Gasteiger partial charge on any atom is 0.132 e. The molecule has 1 aromatic heterocycles. The monoisotopic (exact) mass is 209 g/mol. The minimum absolute atomic E-state index is 0.648. The zero-order valence-corrected chi connectivity index (χ0v) is 8.41. The minimum Gasteiger partial charge on any atom is -0.183 e. The Kier molecular flexibility index (Phi) is 2.28. The maximum absolute atomic E-state index is 4.24. The molecule has 0 saturated carbocycles. The largest absolute Gasteiger partial charge is 0.183 e. The van der Waals surface area contributed by atoms with Crippen molar-refractivity contribution in [3.05, 3.63) is 30.3 Å². The molecule has 5 heteroatoms. The van der Waals surface area contributed by atoms with Gasteiger partial charge in [0.2, 0.25) is 0 Å². The number of aromatic nitrogens is 3. The molecule has 0 N–H and O–H groups in total. The number of nitrogens with zero attached hydrogens (tertiary/aromatic N) is 3. The Hall–Kier alpha value is -0.940. The molecule has 0 aliphatic heterocycles. The zero-order chi connectivity index (χ0) is 9.26. The molecular formula is C8H7N3S2. The molecule has 0 bridgehead atoms. The van der Waals surface area contributed by atoms with E-state index in [9.17, 15) is 0 Å². The topological polar surface area (TPSA) is 30.7 Å². The maximum atomic E-state index is 4.24. The lowest BCUT2D eigenvalue weighted by Gasteiger charge is -1.95. The van der Waals surface area contributed by atoms with Gasteiger partial charge in [-0.2, -0.15) is 4.09 Å². The third-order valence-corrected chi connectivity index (χ3v) is 2.52. The van der Waals surface area contributed by atoms with Crippen LogP contribution in [0.15, 0.2) is 35.4 Å². The summed E-state index contributed by atoms with van der Waals surface area (Å²) in [7, 11) is 0. The van der Waals surface area contributed by atoms with Crippen LogP contribution in [0.1, 0.15) is 0 Å². The smallest absolute Gasteiger partial charge is 0.132 e. The van der Waals surface area contributed by atoms with E-state index in [1.807, 2.05) is 30.3 Å². The normalized spacial score (nSPS) is 10.3. The van der Waals surface area contributed by atoms with E-state index in [1.165, 1.54) is 4.09 Å². The van der Waals surface area contributed by atoms with Gasteiger partial charge in [0.1, 0.15) is 10.7 Å². The van der Waals surface area contributed by atoms with Crippen molar-refractivity contribution in [3.8, 4) is 11.3 Å². The third-order valence-electron chi connectivity index (χ3n) is 1.68. The lowest BCUT2D eigenvalue weighted by atomic mass is 10.2. The third kappa shape index (κ3) is 1.57. The first-order valence-electron chi connectivity index (χ1n) is 3.68. The van der Waals surface area contributed by atoms with Gasteiger partial charge < -0.3 is 0 Å². The van der Waals surface area contributed by atoms with Gasteiger partial charge >= 0.3 is 0 Å². The summed E-state index contributed by atoms with van der Waals surface area (Å²) in [6, 6.07) is 9.75. The van der Waals surface area contributed by atoms with Crippen LogP contribution in [0.3, 0.4) is 0 Å². The molecule has 3 nitrogen and oxygen atoms in total. The van der Waals surface area contributed by atoms with Gasteiger partial charge in [0.15, 0.2) is 0 Å². The van der Waals surface area contributed by atoms with Crippen molar-refractivity contribution in [2.24, 2.45) is 0 Å². The molecule has 0 fully saturated rings. The van der Waals surface area contributed by atoms with Crippen LogP contribution in [0.4, 0.5) is 0 Å². The van der Waals surface area contributed by atoms with Gasteiger partial charge in [-0.25, -0.2) is 0 Å². The fourth-order valence-electron chi connectivity index (χ4n) is 1.05. The fourth-order valence-corrected chi connectivity index (χ4v) is 1.40. The SMILES string of the molecule is Sc1c(-c2ccccc2)nnn1S. The van der Waals surface area contributed by atoms with Crippen molar-refractivity contribution in [2.45, 2.75) is 5.03 Å². The van der Waals surface area contributed by atoms with Crippen molar-refractivity contribution < 1.29 is 0 Å². The summed E-state index contributed by atoms with van der Waals surface area (Å²) in [5.74, 6) is 0. The molecule has 0 aliphatic carbocycles. The van der Waals surface area contributed by atoms with Crippen molar-refractivity contribution in [1.82, 2.24) is 14.4 Å². The second kappa shape index (κ2) is 3.43. The molecule has 1 aromatic carbocycles. The summed E-state index contributed by atoms with van der Waals surface area (Å²) in [5, 5.41) is 8.34. The van der Waals surface area contributed by atoms with E-state index in [1.54, 1.807) is 0 Å². The van der Waals surface area contributed by atoms with E-state index in [2.05, 4.69) is 35.8 Å². The summed E-state index contributed by atoms with van der Waals surface area (Å²) >= 11 is 8.27. The summed E-state index contributed by atoms with van der Waals surface area (Å²) in [5.41, 5.74) is 1.74. The molecule has 0 spiro atoms. The van der Waals surface area contributed by atoms with E-state index >= 15 is 0 Å². The lowest BCUT2D eigenvalue weighted by molar-refractivity contribution is 0.861. The van der Waals surface area contributed by atoms with Crippen molar-refractivity contribution in [3.63, 3.8) is 0 Å². The Bertz CT molecular complexity index is 411. The van der Waals surface area contributed by atoms with E-state index in [0.717, 1.165) is 11.3 Å². The molecule has 0 aliphatic rings. The van der Waals surface area contributed by atoms with Crippen LogP contribution in [0.2, 0.25) is 0 Å². The molecule has 2 aromatic rings. The molecule has 0 radical (unpaired) electrons.